The van der Waals surface area contributed by atoms with Crippen molar-refractivity contribution in [3.8, 4) is 16.9 Å². The number of rotatable bonds is 5. The number of carbonyl (C=O) groups excluding carboxylic acids is 1. The van der Waals surface area contributed by atoms with Gasteiger partial charge in [0.25, 0.3) is 0 Å². The first kappa shape index (κ1) is 22.8. The summed E-state index contributed by atoms with van der Waals surface area (Å²) in [6.45, 7) is 0.0619. The van der Waals surface area contributed by atoms with Crippen LogP contribution in [0, 0.1) is 6.07 Å². The standard InChI is InChI=1S/C27H17ClF3N2O2/c28-19-11-8-16(9-12-19)17-10-13-20-23(14-17)33(22-6-3-5-21(25(20)22)26(32)34)15-18-4-1-2-7-24(18)35-27(29,30)31/h1-12,14H,15H2,(H2,32,34). The highest BCUT2D eigenvalue weighted by molar-refractivity contribution is 6.30. The van der Waals surface area contributed by atoms with Crippen LogP contribution in [0.4, 0.5) is 13.2 Å². The minimum absolute atomic E-state index is 0.0619. The molecular formula is C27H17ClF3N2O2. The Morgan fingerprint density at radius 2 is 1.71 bits per heavy atom. The number of nitrogens with zero attached hydrogens (tertiary/aromatic N) is 1. The zero-order valence-corrected chi connectivity index (χ0v) is 18.8. The molecule has 1 radical (unpaired) electrons. The number of nitrogens with two attached hydrogens (primary N) is 1. The molecule has 2 N–H and O–H groups in total. The van der Waals surface area contributed by atoms with E-state index >= 15 is 0 Å². The van der Waals surface area contributed by atoms with Gasteiger partial charge in [0.05, 0.1) is 17.6 Å². The van der Waals surface area contributed by atoms with Crippen molar-refractivity contribution in [3.63, 3.8) is 0 Å². The Bertz CT molecular complexity index is 1570. The van der Waals surface area contributed by atoms with Crippen molar-refractivity contribution in [2.45, 2.75) is 12.9 Å². The summed E-state index contributed by atoms with van der Waals surface area (Å²) in [5.74, 6) is -0.899. The maximum absolute atomic E-state index is 13.0. The van der Waals surface area contributed by atoms with Crippen molar-refractivity contribution in [2.24, 2.45) is 5.73 Å². The Morgan fingerprint density at radius 3 is 2.43 bits per heavy atom. The second-order valence-electron chi connectivity index (χ2n) is 7.96. The zero-order valence-electron chi connectivity index (χ0n) is 18.1. The van der Waals surface area contributed by atoms with Crippen molar-refractivity contribution in [2.75, 3.05) is 0 Å². The van der Waals surface area contributed by atoms with E-state index in [-0.39, 0.29) is 12.3 Å². The zero-order chi connectivity index (χ0) is 24.7. The third kappa shape index (κ3) is 4.42. The van der Waals surface area contributed by atoms with Crippen molar-refractivity contribution >= 4 is 39.3 Å². The number of fused-ring (bicyclic) bond motifs is 3. The van der Waals surface area contributed by atoms with E-state index in [0.29, 0.717) is 38.0 Å². The number of carbonyl (C=O) groups is 1. The Balaban J connectivity index is 1.75. The van der Waals surface area contributed by atoms with Crippen LogP contribution in [0.2, 0.25) is 5.02 Å². The smallest absolute Gasteiger partial charge is 0.405 e. The average Bonchev–Trinajstić information content (AvgIpc) is 3.13. The highest BCUT2D eigenvalue weighted by atomic mass is 35.5. The lowest BCUT2D eigenvalue weighted by molar-refractivity contribution is -0.274. The number of aromatic nitrogens is 1. The van der Waals surface area contributed by atoms with E-state index in [0.717, 1.165) is 11.1 Å². The monoisotopic (exact) mass is 493 g/mol. The number of hydrogen-bond donors (Lipinski definition) is 1. The van der Waals surface area contributed by atoms with Crippen molar-refractivity contribution in [1.29, 1.82) is 0 Å². The van der Waals surface area contributed by atoms with Gasteiger partial charge < -0.3 is 15.0 Å². The van der Waals surface area contributed by atoms with Crippen molar-refractivity contribution in [1.82, 2.24) is 4.57 Å². The molecular weight excluding hydrogens is 477 g/mol. The van der Waals surface area contributed by atoms with Crippen molar-refractivity contribution < 1.29 is 22.7 Å². The number of alkyl halides is 3. The molecule has 0 aliphatic carbocycles. The third-order valence-corrected chi connectivity index (χ3v) is 6.02. The lowest BCUT2D eigenvalue weighted by Crippen LogP contribution is -2.18. The van der Waals surface area contributed by atoms with Crippen LogP contribution in [0.5, 0.6) is 5.75 Å². The summed E-state index contributed by atoms with van der Waals surface area (Å²) < 4.78 is 45.2. The highest BCUT2D eigenvalue weighted by Crippen LogP contribution is 2.36. The molecule has 175 valence electrons. The molecule has 0 aliphatic rings. The molecule has 0 spiro atoms. The Morgan fingerprint density at radius 1 is 0.971 bits per heavy atom. The number of amides is 1. The summed E-state index contributed by atoms with van der Waals surface area (Å²) >= 11 is 6.02. The molecule has 35 heavy (non-hydrogen) atoms. The summed E-state index contributed by atoms with van der Waals surface area (Å²) in [5.41, 5.74) is 9.32. The molecule has 0 unspecified atom stereocenters. The summed E-state index contributed by atoms with van der Waals surface area (Å²) in [6.07, 6.45) is -4.83. The lowest BCUT2D eigenvalue weighted by atomic mass is 10.0. The number of ether oxygens (including phenoxy) is 1. The fourth-order valence-corrected chi connectivity index (χ4v) is 4.40. The maximum atomic E-state index is 13.0. The number of para-hydroxylation sites is 1. The fourth-order valence-electron chi connectivity index (χ4n) is 4.27. The molecule has 4 nitrogen and oxygen atoms in total. The van der Waals surface area contributed by atoms with Crippen LogP contribution < -0.4 is 10.5 Å². The summed E-state index contributed by atoms with van der Waals surface area (Å²) in [4.78, 5) is 12.2. The molecule has 0 atom stereocenters. The number of hydrogen-bond acceptors (Lipinski definition) is 2. The summed E-state index contributed by atoms with van der Waals surface area (Å²) in [5, 5.41) is 1.83. The third-order valence-electron chi connectivity index (χ3n) is 5.76. The van der Waals surface area contributed by atoms with Gasteiger partial charge in [-0.25, -0.2) is 0 Å². The number of benzene rings is 4. The molecule has 1 aromatic heterocycles. The van der Waals surface area contributed by atoms with Crippen LogP contribution in [0.25, 0.3) is 32.9 Å². The van der Waals surface area contributed by atoms with Gasteiger partial charge in [0.1, 0.15) is 5.75 Å². The van der Waals surface area contributed by atoms with Crippen LogP contribution in [0.3, 0.4) is 0 Å². The van der Waals surface area contributed by atoms with E-state index in [4.69, 9.17) is 17.3 Å². The molecule has 0 saturated heterocycles. The summed E-state index contributed by atoms with van der Waals surface area (Å²) in [6, 6.07) is 25.3. The number of halogens is 4. The van der Waals surface area contributed by atoms with Gasteiger partial charge in [-0.1, -0.05) is 48.0 Å². The molecule has 0 aliphatic heterocycles. The molecule has 1 heterocycles. The van der Waals surface area contributed by atoms with E-state index in [1.807, 2.05) is 22.8 Å². The van der Waals surface area contributed by atoms with Crippen LogP contribution in [0.1, 0.15) is 15.9 Å². The quantitative estimate of drug-likeness (QED) is 0.288. The fraction of sp³-hybridized carbons (Fsp3) is 0.0741. The molecule has 4 aromatic carbocycles. The minimum Gasteiger partial charge on any atom is -0.405 e. The predicted octanol–water partition coefficient (Wildman–Crippen LogP) is 6.96. The second kappa shape index (κ2) is 8.67. The highest BCUT2D eigenvalue weighted by Gasteiger charge is 2.32. The largest absolute Gasteiger partial charge is 0.573 e. The Labute approximate surface area is 203 Å². The molecule has 0 saturated carbocycles. The summed E-state index contributed by atoms with van der Waals surface area (Å²) in [7, 11) is 0. The first-order valence-corrected chi connectivity index (χ1v) is 10.9. The SMILES string of the molecule is NC(=O)c1cccc2c1c1[c]cc(-c3ccc(Cl)cc3)cc1n2Cc1ccccc1OC(F)(F)F. The van der Waals surface area contributed by atoms with Gasteiger partial charge in [-0.05, 0) is 59.7 Å². The van der Waals surface area contributed by atoms with E-state index in [1.165, 1.54) is 12.1 Å². The number of primary amides is 1. The second-order valence-corrected chi connectivity index (χ2v) is 8.40. The molecule has 5 aromatic rings. The van der Waals surface area contributed by atoms with Crippen molar-refractivity contribution in [3.05, 3.63) is 101 Å². The molecule has 1 amide bonds. The Hall–Kier alpha value is -3.97. The van der Waals surface area contributed by atoms with Gasteiger partial charge >= 0.3 is 6.36 Å². The first-order valence-electron chi connectivity index (χ1n) is 10.6. The average molecular weight is 494 g/mol. The molecule has 0 fully saturated rings. The first-order chi connectivity index (χ1) is 16.7. The van der Waals surface area contributed by atoms with Crippen LogP contribution >= 0.6 is 11.6 Å². The lowest BCUT2D eigenvalue weighted by Gasteiger charge is -2.15. The van der Waals surface area contributed by atoms with Gasteiger partial charge in [0.15, 0.2) is 0 Å². The topological polar surface area (TPSA) is 57.2 Å². The molecule has 5 rings (SSSR count). The maximum Gasteiger partial charge on any atom is 0.573 e. The van der Waals surface area contributed by atoms with E-state index in [9.17, 15) is 18.0 Å². The minimum atomic E-state index is -4.83. The van der Waals surface area contributed by atoms with Crippen LogP contribution in [-0.2, 0) is 6.54 Å². The molecule has 0 bridgehead atoms. The molecule has 8 heteroatoms. The van der Waals surface area contributed by atoms with Gasteiger partial charge in [-0.15, -0.1) is 13.2 Å². The van der Waals surface area contributed by atoms with Gasteiger partial charge in [-0.3, -0.25) is 4.79 Å². The Kier molecular flexibility index (Phi) is 5.65. The van der Waals surface area contributed by atoms with Crippen LogP contribution in [0.15, 0.2) is 78.9 Å². The van der Waals surface area contributed by atoms with Gasteiger partial charge in [0.2, 0.25) is 5.91 Å². The predicted molar refractivity (Wildman–Crippen MR) is 129 cm³/mol. The van der Waals surface area contributed by atoms with Gasteiger partial charge in [0, 0.05) is 26.9 Å². The van der Waals surface area contributed by atoms with Crippen LogP contribution in [-0.4, -0.2) is 16.8 Å². The van der Waals surface area contributed by atoms with E-state index < -0.39 is 12.3 Å². The van der Waals surface area contributed by atoms with E-state index in [1.54, 1.807) is 48.5 Å². The van der Waals surface area contributed by atoms with E-state index in [2.05, 4.69) is 10.8 Å². The normalized spacial score (nSPS) is 11.8. The van der Waals surface area contributed by atoms with Gasteiger partial charge in [-0.2, -0.15) is 0 Å².